The maximum Gasteiger partial charge on any atom is 0.204 e. The lowest BCUT2D eigenvalue weighted by atomic mass is 9.77. The Kier molecular flexibility index (Phi) is 3.38. The Morgan fingerprint density at radius 3 is 2.85 bits per heavy atom. The molecule has 20 heavy (non-hydrogen) atoms. The second-order valence-electron chi connectivity index (χ2n) is 5.65. The number of ketones is 2. The summed E-state index contributed by atoms with van der Waals surface area (Å²) in [6.45, 7) is 0. The quantitative estimate of drug-likeness (QED) is 0.675. The van der Waals surface area contributed by atoms with Crippen LogP contribution in [0.15, 0.2) is 24.3 Å². The molecule has 1 saturated carbocycles. The van der Waals surface area contributed by atoms with E-state index in [2.05, 4.69) is 5.32 Å². The summed E-state index contributed by atoms with van der Waals surface area (Å²) in [7, 11) is 0. The van der Waals surface area contributed by atoms with Gasteiger partial charge >= 0.3 is 0 Å². The highest BCUT2D eigenvalue weighted by atomic mass is 16.2. The average molecular weight is 271 g/mol. The van der Waals surface area contributed by atoms with Crippen LogP contribution in [0.5, 0.6) is 0 Å². The third-order valence-electron chi connectivity index (χ3n) is 4.43. The van der Waals surface area contributed by atoms with Gasteiger partial charge in [0.25, 0.3) is 0 Å². The Hall–Kier alpha value is -1.97. The van der Waals surface area contributed by atoms with Gasteiger partial charge in [0.1, 0.15) is 5.78 Å². The summed E-state index contributed by atoms with van der Waals surface area (Å²) in [4.78, 5) is 34.6. The van der Waals surface area contributed by atoms with E-state index in [0.29, 0.717) is 19.1 Å². The van der Waals surface area contributed by atoms with E-state index in [1.807, 2.05) is 24.3 Å². The summed E-state index contributed by atoms with van der Waals surface area (Å²) in [5, 5.41) is 3.36. The van der Waals surface area contributed by atoms with Crippen LogP contribution in [0.4, 0.5) is 5.69 Å². The summed E-state index contributed by atoms with van der Waals surface area (Å²) in [6.07, 6.45) is 3.36. The Morgan fingerprint density at radius 1 is 1.30 bits per heavy atom. The lowest BCUT2D eigenvalue weighted by Crippen LogP contribution is -2.37. The molecule has 4 nitrogen and oxygen atoms in total. The first kappa shape index (κ1) is 13.0. The number of anilines is 1. The van der Waals surface area contributed by atoms with Crippen molar-refractivity contribution in [1.82, 2.24) is 0 Å². The van der Waals surface area contributed by atoms with Gasteiger partial charge < -0.3 is 5.32 Å². The van der Waals surface area contributed by atoms with Gasteiger partial charge in [0, 0.05) is 24.6 Å². The second kappa shape index (κ2) is 5.19. The van der Waals surface area contributed by atoms with Crippen LogP contribution in [-0.2, 0) is 14.4 Å². The van der Waals surface area contributed by atoms with Gasteiger partial charge in [-0.25, -0.2) is 0 Å². The van der Waals surface area contributed by atoms with Crippen molar-refractivity contribution in [3.8, 4) is 0 Å². The molecule has 0 aromatic heterocycles. The molecule has 1 fully saturated rings. The van der Waals surface area contributed by atoms with E-state index in [1.165, 1.54) is 0 Å². The molecule has 4 heteroatoms. The largest absolute Gasteiger partial charge is 0.381 e. The molecule has 1 aromatic rings. The molecule has 1 aliphatic heterocycles. The summed E-state index contributed by atoms with van der Waals surface area (Å²) in [5.74, 6) is -0.445. The number of Topliss-reactive ketones (excluding diaryl/α,β-unsaturated/α-hetero) is 2. The number of hydrogen-bond acceptors (Lipinski definition) is 4. The monoisotopic (exact) mass is 271 g/mol. The second-order valence-corrected chi connectivity index (χ2v) is 5.65. The Morgan fingerprint density at radius 2 is 2.10 bits per heavy atom. The summed E-state index contributed by atoms with van der Waals surface area (Å²) in [6, 6.07) is 7.46. The maximum atomic E-state index is 12.0. The predicted octanol–water partition coefficient (Wildman–Crippen LogP) is 2.09. The third-order valence-corrected chi connectivity index (χ3v) is 4.43. The maximum absolute atomic E-state index is 12.0. The van der Waals surface area contributed by atoms with Crippen molar-refractivity contribution in [2.45, 2.75) is 37.6 Å². The molecule has 1 N–H and O–H groups in total. The molecule has 0 radical (unpaired) electrons. The normalized spacial score (nSPS) is 28.6. The first-order valence-electron chi connectivity index (χ1n) is 7.07. The molecule has 3 rings (SSSR count). The van der Waals surface area contributed by atoms with Gasteiger partial charge in [0.2, 0.25) is 5.78 Å². The number of nitrogens with one attached hydrogen (secondary N) is 1. The lowest BCUT2D eigenvalue weighted by Gasteiger charge is -2.30. The molecule has 1 aliphatic carbocycles. The van der Waals surface area contributed by atoms with E-state index >= 15 is 0 Å². The van der Waals surface area contributed by atoms with E-state index in [4.69, 9.17) is 0 Å². The van der Waals surface area contributed by atoms with Crippen LogP contribution in [0.25, 0.3) is 0 Å². The van der Waals surface area contributed by atoms with Crippen LogP contribution in [-0.4, -0.2) is 23.9 Å². The molecular weight excluding hydrogens is 254 g/mol. The highest BCUT2D eigenvalue weighted by Gasteiger charge is 2.42. The highest BCUT2D eigenvalue weighted by Crippen LogP contribution is 2.42. The van der Waals surface area contributed by atoms with Crippen LogP contribution in [0.1, 0.15) is 37.2 Å². The van der Waals surface area contributed by atoms with Crippen LogP contribution < -0.4 is 5.32 Å². The molecule has 1 aromatic carbocycles. The molecule has 0 bridgehead atoms. The van der Waals surface area contributed by atoms with Crippen molar-refractivity contribution in [2.24, 2.45) is 5.92 Å². The molecule has 104 valence electrons. The van der Waals surface area contributed by atoms with Crippen molar-refractivity contribution >= 4 is 23.5 Å². The number of benzene rings is 1. The van der Waals surface area contributed by atoms with E-state index in [1.54, 1.807) is 0 Å². The van der Waals surface area contributed by atoms with E-state index in [-0.39, 0.29) is 17.7 Å². The molecule has 0 spiro atoms. The zero-order valence-corrected chi connectivity index (χ0v) is 11.2. The smallest absolute Gasteiger partial charge is 0.204 e. The van der Waals surface area contributed by atoms with E-state index < -0.39 is 11.7 Å². The molecule has 2 aliphatic rings. The summed E-state index contributed by atoms with van der Waals surface area (Å²) >= 11 is 0. The van der Waals surface area contributed by atoms with Crippen molar-refractivity contribution < 1.29 is 14.4 Å². The fourth-order valence-corrected chi connectivity index (χ4v) is 3.51. The van der Waals surface area contributed by atoms with E-state index in [9.17, 15) is 14.4 Å². The van der Waals surface area contributed by atoms with Gasteiger partial charge in [-0.2, -0.15) is 0 Å². The van der Waals surface area contributed by atoms with Crippen molar-refractivity contribution in [3.05, 3.63) is 29.8 Å². The van der Waals surface area contributed by atoms with Crippen LogP contribution in [0.3, 0.4) is 0 Å². The first-order chi connectivity index (χ1) is 9.70. The number of hydrogen-bond donors (Lipinski definition) is 1. The first-order valence-corrected chi connectivity index (χ1v) is 7.07. The zero-order chi connectivity index (χ0) is 14.1. The molecule has 0 saturated heterocycles. The Bertz CT molecular complexity index is 567. The number of carbonyl (C=O) groups is 3. The van der Waals surface area contributed by atoms with Crippen molar-refractivity contribution in [1.29, 1.82) is 0 Å². The number of fused-ring (bicyclic) bond motifs is 1. The standard InChI is InChI=1S/C16H17NO3/c18-9-14(20)15-12-6-1-2-7-13(12)17-16(15)10-4-3-5-11(19)8-10/h1-2,6-7,9-10,15-17H,3-5,8H2. The van der Waals surface area contributed by atoms with Gasteiger partial charge in [0.05, 0.1) is 5.92 Å². The number of aldehydes is 1. The number of rotatable bonds is 3. The predicted molar refractivity (Wildman–Crippen MR) is 74.6 cm³/mol. The van der Waals surface area contributed by atoms with Gasteiger partial charge in [-0.3, -0.25) is 14.4 Å². The van der Waals surface area contributed by atoms with Gasteiger partial charge in [-0.15, -0.1) is 0 Å². The minimum absolute atomic E-state index is 0.130. The fourth-order valence-electron chi connectivity index (χ4n) is 3.51. The topological polar surface area (TPSA) is 63.2 Å². The summed E-state index contributed by atoms with van der Waals surface area (Å²) in [5.41, 5.74) is 1.79. The average Bonchev–Trinajstić information content (AvgIpc) is 2.86. The molecule has 3 unspecified atom stereocenters. The molecule has 1 heterocycles. The van der Waals surface area contributed by atoms with Crippen LogP contribution in [0.2, 0.25) is 0 Å². The van der Waals surface area contributed by atoms with E-state index in [0.717, 1.165) is 24.1 Å². The van der Waals surface area contributed by atoms with Crippen molar-refractivity contribution in [2.75, 3.05) is 5.32 Å². The SMILES string of the molecule is O=CC(=O)C1c2ccccc2NC1C1CCCC(=O)C1. The minimum atomic E-state index is -0.445. The highest BCUT2D eigenvalue weighted by molar-refractivity contribution is 6.28. The van der Waals surface area contributed by atoms with Gasteiger partial charge in [0.15, 0.2) is 6.29 Å². The van der Waals surface area contributed by atoms with Crippen molar-refractivity contribution in [3.63, 3.8) is 0 Å². The molecule has 0 amide bonds. The Labute approximate surface area is 117 Å². The van der Waals surface area contributed by atoms with Crippen LogP contribution >= 0.6 is 0 Å². The lowest BCUT2D eigenvalue weighted by molar-refractivity contribution is -0.131. The number of carbonyl (C=O) groups excluding carboxylic acids is 3. The summed E-state index contributed by atoms with van der Waals surface area (Å²) < 4.78 is 0. The Balaban J connectivity index is 1.93. The molecule has 3 atom stereocenters. The minimum Gasteiger partial charge on any atom is -0.381 e. The molecular formula is C16H17NO3. The van der Waals surface area contributed by atoms with Gasteiger partial charge in [-0.1, -0.05) is 18.2 Å². The van der Waals surface area contributed by atoms with Crippen LogP contribution in [0, 0.1) is 5.92 Å². The third kappa shape index (κ3) is 2.15. The number of para-hydroxylation sites is 1. The fraction of sp³-hybridized carbons (Fsp3) is 0.438. The zero-order valence-electron chi connectivity index (χ0n) is 11.2. The van der Waals surface area contributed by atoms with Gasteiger partial charge in [-0.05, 0) is 30.4 Å².